The van der Waals surface area contributed by atoms with Crippen LogP contribution in [0, 0.1) is 5.41 Å². The second-order valence-electron chi connectivity index (χ2n) is 4.56. The van der Waals surface area contributed by atoms with Crippen molar-refractivity contribution in [3.05, 3.63) is 0 Å². The van der Waals surface area contributed by atoms with Crippen molar-refractivity contribution in [2.45, 2.75) is 50.5 Å². The lowest BCUT2D eigenvalue weighted by Crippen LogP contribution is -2.56. The van der Waals surface area contributed by atoms with Gasteiger partial charge in [-0.1, -0.05) is 12.8 Å². The van der Waals surface area contributed by atoms with Gasteiger partial charge in [-0.3, -0.25) is 0 Å². The standard InChI is InChI=1S/C10H19NO/c11-8-7-10(12)6-5-9(10)3-1-2-4-9/h12H,1-8,11H2. The van der Waals surface area contributed by atoms with Crippen LogP contribution in [-0.4, -0.2) is 17.3 Å². The van der Waals surface area contributed by atoms with Gasteiger partial charge in [-0.05, 0) is 44.1 Å². The van der Waals surface area contributed by atoms with E-state index in [1.165, 1.54) is 32.1 Å². The van der Waals surface area contributed by atoms with E-state index >= 15 is 0 Å². The molecule has 0 heterocycles. The first kappa shape index (κ1) is 8.52. The van der Waals surface area contributed by atoms with Gasteiger partial charge in [0.25, 0.3) is 0 Å². The normalized spacial score (nSPS) is 38.5. The van der Waals surface area contributed by atoms with E-state index in [1.54, 1.807) is 0 Å². The predicted molar refractivity (Wildman–Crippen MR) is 48.8 cm³/mol. The minimum absolute atomic E-state index is 0.298. The molecule has 0 saturated heterocycles. The molecule has 2 nitrogen and oxygen atoms in total. The molecule has 0 aromatic carbocycles. The minimum Gasteiger partial charge on any atom is -0.389 e. The van der Waals surface area contributed by atoms with Gasteiger partial charge in [-0.15, -0.1) is 0 Å². The largest absolute Gasteiger partial charge is 0.389 e. The topological polar surface area (TPSA) is 46.2 Å². The van der Waals surface area contributed by atoms with Crippen molar-refractivity contribution in [3.63, 3.8) is 0 Å². The van der Waals surface area contributed by atoms with E-state index in [0.29, 0.717) is 12.0 Å². The van der Waals surface area contributed by atoms with Gasteiger partial charge in [0.1, 0.15) is 0 Å². The fourth-order valence-electron chi connectivity index (χ4n) is 3.16. The lowest BCUT2D eigenvalue weighted by Gasteiger charge is -2.55. The van der Waals surface area contributed by atoms with Gasteiger partial charge in [0, 0.05) is 0 Å². The molecule has 12 heavy (non-hydrogen) atoms. The molecular formula is C10H19NO. The number of rotatable bonds is 2. The van der Waals surface area contributed by atoms with E-state index in [2.05, 4.69) is 0 Å². The molecule has 0 bridgehead atoms. The maximum absolute atomic E-state index is 10.3. The number of hydrogen-bond acceptors (Lipinski definition) is 2. The molecule has 0 radical (unpaired) electrons. The Labute approximate surface area is 74.1 Å². The zero-order chi connectivity index (χ0) is 8.66. The maximum Gasteiger partial charge on any atom is 0.0715 e. The fraction of sp³-hybridized carbons (Fsp3) is 1.00. The predicted octanol–water partition coefficient (Wildman–Crippen LogP) is 1.42. The van der Waals surface area contributed by atoms with E-state index in [0.717, 1.165) is 12.8 Å². The summed E-state index contributed by atoms with van der Waals surface area (Å²) < 4.78 is 0. The maximum atomic E-state index is 10.3. The number of nitrogens with two attached hydrogens (primary N) is 1. The van der Waals surface area contributed by atoms with Gasteiger partial charge in [-0.2, -0.15) is 0 Å². The third-order valence-corrected chi connectivity index (χ3v) is 4.12. The summed E-state index contributed by atoms with van der Waals surface area (Å²) in [5, 5.41) is 10.3. The molecule has 0 aliphatic heterocycles. The first-order valence-corrected chi connectivity index (χ1v) is 5.15. The monoisotopic (exact) mass is 169 g/mol. The summed E-state index contributed by atoms with van der Waals surface area (Å²) in [6, 6.07) is 0. The third kappa shape index (κ3) is 0.944. The lowest BCUT2D eigenvalue weighted by atomic mass is 9.54. The van der Waals surface area contributed by atoms with Gasteiger partial charge in [0.2, 0.25) is 0 Å². The molecule has 1 unspecified atom stereocenters. The van der Waals surface area contributed by atoms with Crippen LogP contribution in [-0.2, 0) is 0 Å². The molecule has 2 aliphatic rings. The molecule has 1 atom stereocenters. The van der Waals surface area contributed by atoms with Crippen LogP contribution >= 0.6 is 0 Å². The second kappa shape index (κ2) is 2.71. The first-order valence-electron chi connectivity index (χ1n) is 5.15. The molecule has 0 aromatic rings. The summed E-state index contributed by atoms with van der Waals surface area (Å²) in [6.07, 6.45) is 8.15. The van der Waals surface area contributed by atoms with Crippen LogP contribution in [0.5, 0.6) is 0 Å². The highest BCUT2D eigenvalue weighted by Crippen LogP contribution is 2.60. The van der Waals surface area contributed by atoms with E-state index < -0.39 is 0 Å². The molecule has 1 spiro atoms. The molecule has 2 saturated carbocycles. The summed E-state index contributed by atoms with van der Waals surface area (Å²) in [6.45, 7) is 0.637. The molecule has 3 N–H and O–H groups in total. The Hall–Kier alpha value is -0.0800. The minimum atomic E-state index is -0.377. The van der Waals surface area contributed by atoms with Gasteiger partial charge in [0.15, 0.2) is 0 Å². The van der Waals surface area contributed by atoms with Crippen LogP contribution in [0.4, 0.5) is 0 Å². The third-order valence-electron chi connectivity index (χ3n) is 4.12. The molecule has 2 aliphatic carbocycles. The van der Waals surface area contributed by atoms with Crippen molar-refractivity contribution < 1.29 is 5.11 Å². The van der Waals surface area contributed by atoms with Crippen molar-refractivity contribution in [2.24, 2.45) is 11.1 Å². The molecule has 0 aromatic heterocycles. The highest BCUT2D eigenvalue weighted by atomic mass is 16.3. The zero-order valence-corrected chi connectivity index (χ0v) is 7.68. The highest BCUT2D eigenvalue weighted by molar-refractivity contribution is 5.09. The van der Waals surface area contributed by atoms with Crippen LogP contribution < -0.4 is 5.73 Å². The summed E-state index contributed by atoms with van der Waals surface area (Å²) in [5.74, 6) is 0. The molecule has 2 fully saturated rings. The Bertz CT molecular complexity index is 175. The van der Waals surface area contributed by atoms with Crippen LogP contribution in [0.15, 0.2) is 0 Å². The van der Waals surface area contributed by atoms with Crippen molar-refractivity contribution in [2.75, 3.05) is 6.54 Å². The average Bonchev–Trinajstić information content (AvgIpc) is 2.53. The Morgan fingerprint density at radius 3 is 2.17 bits per heavy atom. The summed E-state index contributed by atoms with van der Waals surface area (Å²) >= 11 is 0. The Morgan fingerprint density at radius 1 is 1.08 bits per heavy atom. The Morgan fingerprint density at radius 2 is 1.75 bits per heavy atom. The van der Waals surface area contributed by atoms with Gasteiger partial charge < -0.3 is 10.8 Å². The van der Waals surface area contributed by atoms with Gasteiger partial charge in [0.05, 0.1) is 5.60 Å². The van der Waals surface area contributed by atoms with Gasteiger partial charge in [-0.25, -0.2) is 0 Å². The number of hydrogen-bond donors (Lipinski definition) is 2. The van der Waals surface area contributed by atoms with Crippen molar-refractivity contribution in [3.8, 4) is 0 Å². The molecule has 70 valence electrons. The Balaban J connectivity index is 2.07. The van der Waals surface area contributed by atoms with Crippen LogP contribution in [0.1, 0.15) is 44.9 Å². The van der Waals surface area contributed by atoms with E-state index in [9.17, 15) is 5.11 Å². The zero-order valence-electron chi connectivity index (χ0n) is 7.68. The SMILES string of the molecule is NCCC1(O)CCC12CCCC2. The van der Waals surface area contributed by atoms with Crippen molar-refractivity contribution >= 4 is 0 Å². The number of aliphatic hydroxyl groups is 1. The molecule has 2 rings (SSSR count). The molecular weight excluding hydrogens is 150 g/mol. The van der Waals surface area contributed by atoms with Gasteiger partial charge >= 0.3 is 0 Å². The first-order chi connectivity index (χ1) is 5.72. The fourth-order valence-corrected chi connectivity index (χ4v) is 3.16. The quantitative estimate of drug-likeness (QED) is 0.656. The van der Waals surface area contributed by atoms with E-state index in [1.807, 2.05) is 0 Å². The van der Waals surface area contributed by atoms with Crippen LogP contribution in [0.3, 0.4) is 0 Å². The summed E-state index contributed by atoms with van der Waals surface area (Å²) in [7, 11) is 0. The lowest BCUT2D eigenvalue weighted by molar-refractivity contribution is -0.167. The Kier molecular flexibility index (Phi) is 1.92. The average molecular weight is 169 g/mol. The smallest absolute Gasteiger partial charge is 0.0715 e. The van der Waals surface area contributed by atoms with Crippen LogP contribution in [0.2, 0.25) is 0 Å². The summed E-state index contributed by atoms with van der Waals surface area (Å²) in [5.41, 5.74) is 5.44. The highest BCUT2D eigenvalue weighted by Gasteiger charge is 2.57. The van der Waals surface area contributed by atoms with E-state index in [-0.39, 0.29) is 5.60 Å². The molecule has 0 amide bonds. The van der Waals surface area contributed by atoms with Crippen molar-refractivity contribution in [1.82, 2.24) is 0 Å². The second-order valence-corrected chi connectivity index (χ2v) is 4.56. The van der Waals surface area contributed by atoms with Crippen LogP contribution in [0.25, 0.3) is 0 Å². The van der Waals surface area contributed by atoms with E-state index in [4.69, 9.17) is 5.73 Å². The van der Waals surface area contributed by atoms with Crippen molar-refractivity contribution in [1.29, 1.82) is 0 Å². The molecule has 2 heteroatoms. The summed E-state index contributed by atoms with van der Waals surface area (Å²) in [4.78, 5) is 0.